The zero-order chi connectivity index (χ0) is 14.6. The first-order chi connectivity index (χ1) is 9.50. The third-order valence-electron chi connectivity index (χ3n) is 2.61. The van der Waals surface area contributed by atoms with Gasteiger partial charge in [-0.3, -0.25) is 10.1 Å². The highest BCUT2D eigenvalue weighted by atomic mass is 32.2. The first kappa shape index (κ1) is 14.1. The van der Waals surface area contributed by atoms with Crippen LogP contribution in [0.15, 0.2) is 53.7 Å². The molecule has 1 aromatic heterocycles. The fraction of sp³-hybridized carbons (Fsp3) is 0.0833. The second-order valence-corrected chi connectivity index (χ2v) is 5.69. The van der Waals surface area contributed by atoms with E-state index in [1.54, 1.807) is 24.5 Å². The average molecular weight is 294 g/mol. The highest BCUT2D eigenvalue weighted by molar-refractivity contribution is 7.89. The minimum atomic E-state index is -3.94. The van der Waals surface area contributed by atoms with Crippen LogP contribution < -0.4 is 9.71 Å². The number of nitro groups is 1. The summed E-state index contributed by atoms with van der Waals surface area (Å²) < 4.78 is 26.6. The van der Waals surface area contributed by atoms with Gasteiger partial charge in [0.15, 0.2) is 17.3 Å². The topological polar surface area (TPSA) is 103 Å². The summed E-state index contributed by atoms with van der Waals surface area (Å²) in [4.78, 5) is 12.6. The van der Waals surface area contributed by atoms with Crippen LogP contribution in [0.3, 0.4) is 0 Å². The van der Waals surface area contributed by atoms with Gasteiger partial charge < -0.3 is 0 Å². The number of aromatic nitrogens is 1. The lowest BCUT2D eigenvalue weighted by Crippen LogP contribution is -2.24. The van der Waals surface area contributed by atoms with Gasteiger partial charge in [-0.25, -0.2) is 18.1 Å². The summed E-state index contributed by atoms with van der Waals surface area (Å²) in [5, 5.41) is 10.9. The third-order valence-corrected chi connectivity index (χ3v) is 4.05. The predicted octanol–water partition coefficient (Wildman–Crippen LogP) is 0.887. The van der Waals surface area contributed by atoms with E-state index in [1.807, 2.05) is 0 Å². The molecule has 0 aliphatic carbocycles. The van der Waals surface area contributed by atoms with Gasteiger partial charge in [0.1, 0.15) is 0 Å². The van der Waals surface area contributed by atoms with Gasteiger partial charge in [-0.2, -0.15) is 0 Å². The number of nitrogens with one attached hydrogen (secondary N) is 2. The second kappa shape index (κ2) is 5.76. The van der Waals surface area contributed by atoms with Crippen LogP contribution >= 0.6 is 0 Å². The van der Waals surface area contributed by atoms with Crippen molar-refractivity contribution in [1.82, 2.24) is 4.72 Å². The highest BCUT2D eigenvalue weighted by Crippen LogP contribution is 2.22. The monoisotopic (exact) mass is 294 g/mol. The molecule has 0 fully saturated rings. The molecule has 0 aliphatic heterocycles. The molecule has 1 heterocycles. The van der Waals surface area contributed by atoms with E-state index in [4.69, 9.17) is 0 Å². The standard InChI is InChI=1S/C12H11N3O4S/c16-15(17)11-3-1-2-4-12(11)20(18,19)14-9-10-5-7-13-8-6-10/h1-8,14H,9H2/p+1. The molecule has 0 amide bonds. The number of hydrogen-bond acceptors (Lipinski definition) is 4. The number of hydrogen-bond donors (Lipinski definition) is 1. The van der Waals surface area contributed by atoms with E-state index >= 15 is 0 Å². The summed E-state index contributed by atoms with van der Waals surface area (Å²) >= 11 is 0. The minimum Gasteiger partial charge on any atom is -0.258 e. The fourth-order valence-electron chi connectivity index (χ4n) is 1.63. The molecule has 8 heteroatoms. The number of nitrogens with zero attached hydrogens (tertiary/aromatic N) is 1. The van der Waals surface area contributed by atoms with Crippen molar-refractivity contribution >= 4 is 15.7 Å². The Bertz CT molecular complexity index is 716. The van der Waals surface area contributed by atoms with Gasteiger partial charge in [-0.05, 0) is 11.6 Å². The van der Waals surface area contributed by atoms with E-state index in [9.17, 15) is 18.5 Å². The fourth-order valence-corrected chi connectivity index (χ4v) is 2.82. The van der Waals surface area contributed by atoms with Crippen molar-refractivity contribution in [3.05, 3.63) is 64.5 Å². The molecule has 0 unspecified atom stereocenters. The van der Waals surface area contributed by atoms with Crippen LogP contribution in [0.4, 0.5) is 5.69 Å². The number of sulfonamides is 1. The van der Waals surface area contributed by atoms with Crippen molar-refractivity contribution in [2.75, 3.05) is 0 Å². The largest absolute Gasteiger partial charge is 0.289 e. The molecule has 2 aromatic rings. The average Bonchev–Trinajstić information content (AvgIpc) is 2.46. The number of nitro benzene ring substituents is 1. The van der Waals surface area contributed by atoms with Crippen molar-refractivity contribution in [2.24, 2.45) is 0 Å². The predicted molar refractivity (Wildman–Crippen MR) is 70.1 cm³/mol. The summed E-state index contributed by atoms with van der Waals surface area (Å²) in [6, 6.07) is 8.65. The van der Waals surface area contributed by atoms with Crippen LogP contribution in [0.5, 0.6) is 0 Å². The van der Waals surface area contributed by atoms with Crippen molar-refractivity contribution in [1.29, 1.82) is 0 Å². The van der Waals surface area contributed by atoms with Crippen LogP contribution in [0.2, 0.25) is 0 Å². The first-order valence-corrected chi connectivity index (χ1v) is 7.17. The molecular weight excluding hydrogens is 282 g/mol. The molecule has 1 aromatic carbocycles. The van der Waals surface area contributed by atoms with Crippen molar-refractivity contribution in [3.8, 4) is 0 Å². The first-order valence-electron chi connectivity index (χ1n) is 5.69. The van der Waals surface area contributed by atoms with Crippen LogP contribution in [-0.4, -0.2) is 13.3 Å². The van der Waals surface area contributed by atoms with Crippen LogP contribution in [-0.2, 0) is 16.6 Å². The Hall–Kier alpha value is -2.32. The molecule has 0 aliphatic rings. The quantitative estimate of drug-likeness (QED) is 0.653. The maximum absolute atomic E-state index is 12.1. The zero-order valence-electron chi connectivity index (χ0n) is 10.3. The molecule has 0 saturated heterocycles. The Balaban J connectivity index is 2.25. The lowest BCUT2D eigenvalue weighted by Gasteiger charge is -2.06. The van der Waals surface area contributed by atoms with E-state index in [2.05, 4.69) is 9.71 Å². The van der Waals surface area contributed by atoms with Crippen LogP contribution in [0.1, 0.15) is 5.56 Å². The lowest BCUT2D eigenvalue weighted by atomic mass is 10.3. The number of aromatic amines is 1. The maximum Gasteiger partial charge on any atom is 0.289 e. The summed E-state index contributed by atoms with van der Waals surface area (Å²) in [6.45, 7) is 0.0586. The molecule has 104 valence electrons. The number of H-pyrrole nitrogens is 1. The summed E-state index contributed by atoms with van der Waals surface area (Å²) in [5.41, 5.74) is 0.298. The molecule has 7 nitrogen and oxygen atoms in total. The summed E-state index contributed by atoms with van der Waals surface area (Å²) in [6.07, 6.45) is 3.32. The van der Waals surface area contributed by atoms with E-state index < -0.39 is 20.6 Å². The molecule has 0 bridgehead atoms. The smallest absolute Gasteiger partial charge is 0.258 e. The highest BCUT2D eigenvalue weighted by Gasteiger charge is 2.24. The van der Waals surface area contributed by atoms with Crippen molar-refractivity contribution in [2.45, 2.75) is 11.4 Å². The van der Waals surface area contributed by atoms with Gasteiger partial charge in [0.2, 0.25) is 10.0 Å². The Labute approximate surface area is 115 Å². The molecular formula is C12H12N3O4S+. The van der Waals surface area contributed by atoms with E-state index in [1.165, 1.54) is 18.2 Å². The van der Waals surface area contributed by atoms with Gasteiger partial charge in [0.05, 0.1) is 4.92 Å². The zero-order valence-corrected chi connectivity index (χ0v) is 11.1. The summed E-state index contributed by atoms with van der Waals surface area (Å²) in [7, 11) is -3.94. The number of rotatable bonds is 5. The molecule has 2 rings (SSSR count). The molecule has 0 radical (unpaired) electrons. The SMILES string of the molecule is O=[N+]([O-])c1ccccc1S(=O)(=O)NCc1cc[nH+]cc1. The third kappa shape index (κ3) is 3.16. The van der Waals surface area contributed by atoms with Crippen LogP contribution in [0, 0.1) is 10.1 Å². The van der Waals surface area contributed by atoms with Gasteiger partial charge in [-0.1, -0.05) is 12.1 Å². The van der Waals surface area contributed by atoms with Gasteiger partial charge >= 0.3 is 0 Å². The molecule has 20 heavy (non-hydrogen) atoms. The Morgan fingerprint density at radius 3 is 2.45 bits per heavy atom. The molecule has 0 atom stereocenters. The number of para-hydroxylation sites is 1. The Kier molecular flexibility index (Phi) is 4.06. The Morgan fingerprint density at radius 1 is 1.15 bits per heavy atom. The number of pyridine rings is 1. The molecule has 0 saturated carbocycles. The second-order valence-electron chi connectivity index (χ2n) is 3.96. The van der Waals surface area contributed by atoms with E-state index in [-0.39, 0.29) is 11.4 Å². The minimum absolute atomic E-state index is 0.0586. The summed E-state index contributed by atoms with van der Waals surface area (Å²) in [5.74, 6) is 0. The maximum atomic E-state index is 12.1. The van der Waals surface area contributed by atoms with Gasteiger partial charge in [0.25, 0.3) is 5.69 Å². The normalized spacial score (nSPS) is 11.2. The van der Waals surface area contributed by atoms with Gasteiger partial charge in [0, 0.05) is 24.7 Å². The van der Waals surface area contributed by atoms with Gasteiger partial charge in [-0.15, -0.1) is 0 Å². The van der Waals surface area contributed by atoms with E-state index in [0.717, 1.165) is 11.6 Å². The number of benzene rings is 1. The van der Waals surface area contributed by atoms with Crippen molar-refractivity contribution < 1.29 is 18.3 Å². The lowest BCUT2D eigenvalue weighted by molar-refractivity contribution is -0.387. The Morgan fingerprint density at radius 2 is 1.80 bits per heavy atom. The molecule has 2 N–H and O–H groups in total. The van der Waals surface area contributed by atoms with E-state index in [0.29, 0.717) is 0 Å². The molecule has 0 spiro atoms. The van der Waals surface area contributed by atoms with Crippen molar-refractivity contribution in [3.63, 3.8) is 0 Å². The van der Waals surface area contributed by atoms with Crippen LogP contribution in [0.25, 0.3) is 0 Å².